The van der Waals surface area contributed by atoms with Gasteiger partial charge in [0.2, 0.25) is 5.91 Å². The van der Waals surface area contributed by atoms with Crippen molar-refractivity contribution in [1.29, 1.82) is 0 Å². The van der Waals surface area contributed by atoms with Crippen LogP contribution >= 0.6 is 0 Å². The van der Waals surface area contributed by atoms with E-state index in [0.29, 0.717) is 18.7 Å². The Bertz CT molecular complexity index is 667. The van der Waals surface area contributed by atoms with Crippen LogP contribution in [-0.4, -0.2) is 27.2 Å². The molecule has 2 rings (SSSR count). The van der Waals surface area contributed by atoms with Gasteiger partial charge in [-0.1, -0.05) is 17.9 Å². The summed E-state index contributed by atoms with van der Waals surface area (Å²) < 4.78 is 1.61. The van der Waals surface area contributed by atoms with Crippen LogP contribution in [0, 0.1) is 18.8 Å². The summed E-state index contributed by atoms with van der Waals surface area (Å²) in [5.41, 5.74) is 7.94. The molecule has 0 unspecified atom stereocenters. The molecule has 0 spiro atoms. The predicted molar refractivity (Wildman–Crippen MR) is 80.4 cm³/mol. The summed E-state index contributed by atoms with van der Waals surface area (Å²) in [5.74, 6) is 5.68. The van der Waals surface area contributed by atoms with Crippen LogP contribution < -0.4 is 11.1 Å². The normalized spacial score (nSPS) is 9.81. The summed E-state index contributed by atoms with van der Waals surface area (Å²) in [6.07, 6.45) is 3.34. The minimum atomic E-state index is -0.0925. The van der Waals surface area contributed by atoms with E-state index < -0.39 is 0 Å². The second-order valence-electron chi connectivity index (χ2n) is 4.51. The molecule has 0 bridgehead atoms. The van der Waals surface area contributed by atoms with Gasteiger partial charge in [0.25, 0.3) is 0 Å². The van der Waals surface area contributed by atoms with Crippen molar-refractivity contribution in [3.63, 3.8) is 0 Å². The van der Waals surface area contributed by atoms with Crippen LogP contribution in [0.5, 0.6) is 0 Å². The Morgan fingerprint density at radius 1 is 1.48 bits per heavy atom. The number of carbonyl (C=O) groups excluding carboxylic acids is 1. The van der Waals surface area contributed by atoms with Gasteiger partial charge in [-0.25, -0.2) is 4.98 Å². The van der Waals surface area contributed by atoms with E-state index in [-0.39, 0.29) is 12.5 Å². The maximum absolute atomic E-state index is 12.0. The van der Waals surface area contributed by atoms with Gasteiger partial charge in [-0.2, -0.15) is 5.10 Å². The maximum Gasteiger partial charge on any atom is 0.226 e. The Morgan fingerprint density at radius 2 is 2.33 bits per heavy atom. The third kappa shape index (κ3) is 4.44. The van der Waals surface area contributed by atoms with Gasteiger partial charge in [-0.3, -0.25) is 9.48 Å². The van der Waals surface area contributed by atoms with Gasteiger partial charge in [-0.15, -0.1) is 0 Å². The molecule has 0 aliphatic carbocycles. The van der Waals surface area contributed by atoms with Crippen molar-refractivity contribution in [2.75, 3.05) is 11.9 Å². The second-order valence-corrected chi connectivity index (χ2v) is 4.51. The number of benzene rings is 1. The van der Waals surface area contributed by atoms with Crippen molar-refractivity contribution >= 4 is 11.6 Å². The van der Waals surface area contributed by atoms with Gasteiger partial charge < -0.3 is 11.1 Å². The molecule has 1 amide bonds. The largest absolute Gasteiger partial charge is 0.325 e. The number of anilines is 1. The SMILES string of the molecule is Cc1ccc(NC(=O)CCn2cncn2)c(C#CCN)c1. The van der Waals surface area contributed by atoms with Gasteiger partial charge in [0, 0.05) is 12.0 Å². The standard InChI is InChI=1S/C15H17N5O/c1-12-4-5-14(13(9-12)3-2-7-16)19-15(21)6-8-20-11-17-10-18-20/h4-5,9-11H,6-8,16H2,1H3,(H,19,21). The molecule has 1 heterocycles. The molecule has 0 radical (unpaired) electrons. The van der Waals surface area contributed by atoms with E-state index >= 15 is 0 Å². The summed E-state index contributed by atoms with van der Waals surface area (Å²) >= 11 is 0. The lowest BCUT2D eigenvalue weighted by atomic mass is 10.1. The van der Waals surface area contributed by atoms with E-state index in [1.807, 2.05) is 25.1 Å². The molecule has 0 saturated carbocycles. The van der Waals surface area contributed by atoms with Crippen molar-refractivity contribution < 1.29 is 4.79 Å². The Balaban J connectivity index is 2.02. The fraction of sp³-hybridized carbons (Fsp3) is 0.267. The molecule has 108 valence electrons. The molecule has 0 fully saturated rings. The minimum absolute atomic E-state index is 0.0925. The number of hydrogen-bond donors (Lipinski definition) is 2. The van der Waals surface area contributed by atoms with Crippen LogP contribution in [0.4, 0.5) is 5.69 Å². The highest BCUT2D eigenvalue weighted by Crippen LogP contribution is 2.16. The summed E-state index contributed by atoms with van der Waals surface area (Å²) in [5, 5.41) is 6.82. The van der Waals surface area contributed by atoms with E-state index in [9.17, 15) is 4.79 Å². The summed E-state index contributed by atoms with van der Waals surface area (Å²) in [7, 11) is 0. The van der Waals surface area contributed by atoms with Crippen molar-refractivity contribution in [3.05, 3.63) is 42.0 Å². The number of carbonyl (C=O) groups is 1. The van der Waals surface area contributed by atoms with Crippen LogP contribution in [-0.2, 0) is 11.3 Å². The zero-order valence-corrected chi connectivity index (χ0v) is 11.8. The molecule has 2 aromatic rings. The number of amides is 1. The molecule has 3 N–H and O–H groups in total. The number of nitrogens with zero attached hydrogens (tertiary/aromatic N) is 3. The van der Waals surface area contributed by atoms with Crippen LogP contribution in [0.3, 0.4) is 0 Å². The second kappa shape index (κ2) is 7.22. The monoisotopic (exact) mass is 283 g/mol. The fourth-order valence-electron chi connectivity index (χ4n) is 1.79. The lowest BCUT2D eigenvalue weighted by Gasteiger charge is -2.08. The smallest absolute Gasteiger partial charge is 0.226 e. The lowest BCUT2D eigenvalue weighted by molar-refractivity contribution is -0.116. The Morgan fingerprint density at radius 3 is 3.05 bits per heavy atom. The number of aryl methyl sites for hydroxylation is 2. The first kappa shape index (κ1) is 14.8. The van der Waals surface area contributed by atoms with Gasteiger partial charge in [0.1, 0.15) is 12.7 Å². The highest BCUT2D eigenvalue weighted by atomic mass is 16.1. The molecule has 0 aliphatic rings. The molecule has 21 heavy (non-hydrogen) atoms. The maximum atomic E-state index is 12.0. The number of nitrogens with one attached hydrogen (secondary N) is 1. The number of aromatic nitrogens is 3. The summed E-state index contributed by atoms with van der Waals surface area (Å²) in [6.45, 7) is 2.75. The molecule has 0 saturated heterocycles. The molecule has 0 atom stereocenters. The third-order valence-electron chi connectivity index (χ3n) is 2.81. The van der Waals surface area contributed by atoms with E-state index in [1.54, 1.807) is 11.0 Å². The summed E-state index contributed by atoms with van der Waals surface area (Å²) in [4.78, 5) is 15.8. The first-order chi connectivity index (χ1) is 10.2. The van der Waals surface area contributed by atoms with E-state index in [4.69, 9.17) is 5.73 Å². The zero-order valence-electron chi connectivity index (χ0n) is 11.8. The Kier molecular flexibility index (Phi) is 5.07. The van der Waals surface area contributed by atoms with Crippen LogP contribution in [0.1, 0.15) is 17.5 Å². The number of nitrogens with two attached hydrogens (primary N) is 1. The summed E-state index contributed by atoms with van der Waals surface area (Å²) in [6, 6.07) is 5.71. The van der Waals surface area contributed by atoms with Gasteiger partial charge >= 0.3 is 0 Å². The van der Waals surface area contributed by atoms with Crippen molar-refractivity contribution in [1.82, 2.24) is 14.8 Å². The van der Waals surface area contributed by atoms with Crippen molar-refractivity contribution in [2.45, 2.75) is 19.9 Å². The van der Waals surface area contributed by atoms with Gasteiger partial charge in [0.05, 0.1) is 18.8 Å². The highest BCUT2D eigenvalue weighted by Gasteiger charge is 2.06. The molecule has 1 aromatic carbocycles. The fourth-order valence-corrected chi connectivity index (χ4v) is 1.79. The highest BCUT2D eigenvalue weighted by molar-refractivity contribution is 5.92. The van der Waals surface area contributed by atoms with Gasteiger partial charge in [0.15, 0.2) is 0 Å². The molecular formula is C15H17N5O. The van der Waals surface area contributed by atoms with Crippen LogP contribution in [0.2, 0.25) is 0 Å². The third-order valence-corrected chi connectivity index (χ3v) is 2.81. The number of rotatable bonds is 4. The van der Waals surface area contributed by atoms with Gasteiger partial charge in [-0.05, 0) is 24.6 Å². The van der Waals surface area contributed by atoms with Crippen molar-refractivity contribution in [2.24, 2.45) is 5.73 Å². The number of hydrogen-bond acceptors (Lipinski definition) is 4. The first-order valence-electron chi connectivity index (χ1n) is 6.61. The molecule has 6 nitrogen and oxygen atoms in total. The quantitative estimate of drug-likeness (QED) is 0.817. The zero-order chi connectivity index (χ0) is 15.1. The topological polar surface area (TPSA) is 85.8 Å². The predicted octanol–water partition coefficient (Wildman–Crippen LogP) is 0.926. The minimum Gasteiger partial charge on any atom is -0.325 e. The van der Waals surface area contributed by atoms with E-state index in [2.05, 4.69) is 27.2 Å². The molecule has 0 aliphatic heterocycles. The van der Waals surface area contributed by atoms with E-state index in [0.717, 1.165) is 11.1 Å². The molecule has 1 aromatic heterocycles. The van der Waals surface area contributed by atoms with Crippen LogP contribution in [0.25, 0.3) is 0 Å². The lowest BCUT2D eigenvalue weighted by Crippen LogP contribution is -2.15. The van der Waals surface area contributed by atoms with Crippen molar-refractivity contribution in [3.8, 4) is 11.8 Å². The molecule has 6 heteroatoms. The van der Waals surface area contributed by atoms with E-state index in [1.165, 1.54) is 6.33 Å². The average Bonchev–Trinajstić information content (AvgIpc) is 2.98. The van der Waals surface area contributed by atoms with Crippen LogP contribution in [0.15, 0.2) is 30.9 Å². The first-order valence-corrected chi connectivity index (χ1v) is 6.61. The average molecular weight is 283 g/mol. The molecular weight excluding hydrogens is 266 g/mol. The Labute approximate surface area is 123 Å². The Hall–Kier alpha value is -2.65.